The van der Waals surface area contributed by atoms with E-state index in [-0.39, 0.29) is 11.2 Å². The fourth-order valence-corrected chi connectivity index (χ4v) is 3.72. The van der Waals surface area contributed by atoms with Crippen LogP contribution in [0.25, 0.3) is 0 Å². The molecular formula is C16H19ClO2. The molecule has 0 aromatic heterocycles. The van der Waals surface area contributed by atoms with Crippen molar-refractivity contribution in [2.75, 3.05) is 6.61 Å². The van der Waals surface area contributed by atoms with Crippen LogP contribution in [0.3, 0.4) is 0 Å². The van der Waals surface area contributed by atoms with Gasteiger partial charge in [-0.25, -0.2) is 0 Å². The standard InChI is InChI=1S/C16H19ClO2/c1-15(17)14(18)9-16(15)7-13(8-16)11-19-10-12-5-3-2-4-6-12/h2-6,13H,7-11H2,1H3. The molecule has 0 N–H and O–H groups in total. The van der Waals surface area contributed by atoms with Crippen LogP contribution in [0.15, 0.2) is 30.3 Å². The van der Waals surface area contributed by atoms with Crippen molar-refractivity contribution < 1.29 is 9.53 Å². The minimum Gasteiger partial charge on any atom is -0.376 e. The van der Waals surface area contributed by atoms with E-state index in [1.807, 2.05) is 25.1 Å². The maximum absolute atomic E-state index is 11.5. The van der Waals surface area contributed by atoms with E-state index < -0.39 is 4.87 Å². The monoisotopic (exact) mass is 278 g/mol. The van der Waals surface area contributed by atoms with Crippen molar-refractivity contribution in [2.24, 2.45) is 11.3 Å². The first-order valence-corrected chi connectivity index (χ1v) is 7.25. The predicted octanol–water partition coefficient (Wildman–Crippen LogP) is 3.57. The lowest BCUT2D eigenvalue weighted by atomic mass is 9.46. The van der Waals surface area contributed by atoms with Crippen LogP contribution >= 0.6 is 11.6 Å². The Hall–Kier alpha value is -0.860. The van der Waals surface area contributed by atoms with Crippen LogP contribution in [0.4, 0.5) is 0 Å². The second kappa shape index (κ2) is 4.60. The van der Waals surface area contributed by atoms with Gasteiger partial charge in [-0.05, 0) is 31.2 Å². The summed E-state index contributed by atoms with van der Waals surface area (Å²) in [7, 11) is 0. The number of rotatable bonds is 4. The highest BCUT2D eigenvalue weighted by atomic mass is 35.5. The van der Waals surface area contributed by atoms with Crippen molar-refractivity contribution in [2.45, 2.75) is 37.7 Å². The average molecular weight is 279 g/mol. The summed E-state index contributed by atoms with van der Waals surface area (Å²) in [5.41, 5.74) is 1.28. The molecule has 0 saturated heterocycles. The summed E-state index contributed by atoms with van der Waals surface area (Å²) in [6.45, 7) is 3.32. The molecule has 0 heterocycles. The van der Waals surface area contributed by atoms with E-state index in [0.29, 0.717) is 18.9 Å². The smallest absolute Gasteiger partial charge is 0.154 e. The van der Waals surface area contributed by atoms with Gasteiger partial charge in [-0.1, -0.05) is 30.3 Å². The zero-order valence-electron chi connectivity index (χ0n) is 11.2. The van der Waals surface area contributed by atoms with E-state index in [0.717, 1.165) is 19.4 Å². The summed E-state index contributed by atoms with van der Waals surface area (Å²) in [5.74, 6) is 0.771. The van der Waals surface area contributed by atoms with Gasteiger partial charge in [-0.2, -0.15) is 0 Å². The van der Waals surface area contributed by atoms with E-state index in [1.54, 1.807) is 0 Å². The SMILES string of the molecule is CC1(Cl)C(=O)CC12CC(COCc1ccccc1)C2. The van der Waals surface area contributed by atoms with Crippen molar-refractivity contribution in [3.05, 3.63) is 35.9 Å². The Bertz CT molecular complexity index is 475. The Labute approximate surface area is 119 Å². The second-order valence-electron chi connectivity index (χ2n) is 6.16. The Balaban J connectivity index is 1.42. The third-order valence-corrected chi connectivity index (χ3v) is 5.45. The van der Waals surface area contributed by atoms with Gasteiger partial charge in [0.15, 0.2) is 5.78 Å². The van der Waals surface area contributed by atoms with Crippen molar-refractivity contribution in [1.82, 2.24) is 0 Å². The molecule has 1 unspecified atom stereocenters. The van der Waals surface area contributed by atoms with Crippen LogP contribution < -0.4 is 0 Å². The number of alkyl halides is 1. The third-order valence-electron chi connectivity index (χ3n) is 4.84. The average Bonchev–Trinajstić information content (AvgIpc) is 2.36. The Morgan fingerprint density at radius 1 is 1.32 bits per heavy atom. The Morgan fingerprint density at radius 2 is 2.00 bits per heavy atom. The molecular weight excluding hydrogens is 260 g/mol. The van der Waals surface area contributed by atoms with Crippen molar-refractivity contribution in [1.29, 1.82) is 0 Å². The molecule has 0 amide bonds. The van der Waals surface area contributed by atoms with Gasteiger partial charge in [0.1, 0.15) is 4.87 Å². The molecule has 3 rings (SSSR count). The summed E-state index contributed by atoms with van der Waals surface area (Å²) in [5, 5.41) is 0. The number of benzene rings is 1. The topological polar surface area (TPSA) is 26.3 Å². The maximum Gasteiger partial charge on any atom is 0.154 e. The van der Waals surface area contributed by atoms with Crippen molar-refractivity contribution >= 4 is 17.4 Å². The zero-order chi connectivity index (χ0) is 13.5. The molecule has 3 heteroatoms. The molecule has 19 heavy (non-hydrogen) atoms. The van der Waals surface area contributed by atoms with Crippen LogP contribution in [0, 0.1) is 11.3 Å². The zero-order valence-corrected chi connectivity index (χ0v) is 12.0. The van der Waals surface area contributed by atoms with E-state index in [2.05, 4.69) is 12.1 Å². The fourth-order valence-electron chi connectivity index (χ4n) is 3.44. The number of ketones is 1. The third kappa shape index (κ3) is 2.11. The first-order chi connectivity index (χ1) is 9.03. The van der Waals surface area contributed by atoms with Gasteiger partial charge in [0, 0.05) is 18.4 Å². The fraction of sp³-hybridized carbons (Fsp3) is 0.562. The molecule has 0 aliphatic heterocycles. The second-order valence-corrected chi connectivity index (χ2v) is 6.91. The summed E-state index contributed by atoms with van der Waals surface area (Å²) in [6.07, 6.45) is 2.74. The van der Waals surface area contributed by atoms with Crippen LogP contribution in [0.2, 0.25) is 0 Å². The number of Topliss-reactive ketones (excluding diaryl/α,β-unsaturated/α-hetero) is 1. The van der Waals surface area contributed by atoms with E-state index in [4.69, 9.17) is 16.3 Å². The predicted molar refractivity (Wildman–Crippen MR) is 75.1 cm³/mol. The summed E-state index contributed by atoms with van der Waals surface area (Å²) >= 11 is 6.32. The van der Waals surface area contributed by atoms with Crippen molar-refractivity contribution in [3.8, 4) is 0 Å². The van der Waals surface area contributed by atoms with Gasteiger partial charge in [0.25, 0.3) is 0 Å². The number of carbonyl (C=O) groups excluding carboxylic acids is 1. The lowest BCUT2D eigenvalue weighted by Gasteiger charge is -2.61. The Kier molecular flexibility index (Phi) is 3.18. The number of halogens is 1. The molecule has 1 aromatic carbocycles. The van der Waals surface area contributed by atoms with Crippen LogP contribution in [-0.4, -0.2) is 17.3 Å². The van der Waals surface area contributed by atoms with Crippen LogP contribution in [-0.2, 0) is 16.1 Å². The van der Waals surface area contributed by atoms with Gasteiger partial charge in [-0.15, -0.1) is 11.6 Å². The lowest BCUT2D eigenvalue weighted by Crippen LogP contribution is -2.65. The molecule has 2 nitrogen and oxygen atoms in total. The number of hydrogen-bond acceptors (Lipinski definition) is 2. The highest BCUT2D eigenvalue weighted by molar-refractivity contribution is 6.38. The number of ether oxygens (including phenoxy) is 1. The maximum atomic E-state index is 11.5. The molecule has 0 radical (unpaired) electrons. The highest BCUT2D eigenvalue weighted by Crippen LogP contribution is 2.64. The first-order valence-electron chi connectivity index (χ1n) is 6.87. The lowest BCUT2D eigenvalue weighted by molar-refractivity contribution is -0.154. The summed E-state index contributed by atoms with van der Waals surface area (Å²) in [4.78, 5) is 10.9. The molecule has 1 aromatic rings. The van der Waals surface area contributed by atoms with Gasteiger partial charge in [0.2, 0.25) is 0 Å². The van der Waals surface area contributed by atoms with Gasteiger partial charge >= 0.3 is 0 Å². The molecule has 0 bridgehead atoms. The van der Waals surface area contributed by atoms with Crippen LogP contribution in [0.1, 0.15) is 31.7 Å². The number of hydrogen-bond donors (Lipinski definition) is 0. The molecule has 2 aliphatic carbocycles. The van der Waals surface area contributed by atoms with E-state index >= 15 is 0 Å². The molecule has 1 spiro atoms. The van der Waals surface area contributed by atoms with Crippen LogP contribution in [0.5, 0.6) is 0 Å². The number of carbonyl (C=O) groups is 1. The molecule has 2 fully saturated rings. The quantitative estimate of drug-likeness (QED) is 0.787. The van der Waals surface area contributed by atoms with Gasteiger partial charge in [0.05, 0.1) is 6.61 Å². The van der Waals surface area contributed by atoms with Gasteiger partial charge in [-0.3, -0.25) is 4.79 Å². The minimum atomic E-state index is -0.608. The highest BCUT2D eigenvalue weighted by Gasteiger charge is 2.66. The summed E-state index contributed by atoms with van der Waals surface area (Å²) < 4.78 is 5.75. The van der Waals surface area contributed by atoms with E-state index in [9.17, 15) is 4.79 Å². The minimum absolute atomic E-state index is 0.0758. The molecule has 2 saturated carbocycles. The molecule has 1 atom stereocenters. The van der Waals surface area contributed by atoms with Gasteiger partial charge < -0.3 is 4.74 Å². The van der Waals surface area contributed by atoms with E-state index in [1.165, 1.54) is 5.56 Å². The van der Waals surface area contributed by atoms with Crippen molar-refractivity contribution in [3.63, 3.8) is 0 Å². The molecule has 2 aliphatic rings. The largest absolute Gasteiger partial charge is 0.376 e. The summed E-state index contributed by atoms with van der Waals surface area (Å²) in [6, 6.07) is 10.2. The first kappa shape index (κ1) is 13.1. The Morgan fingerprint density at radius 3 is 2.58 bits per heavy atom. The normalized spacial score (nSPS) is 36.9. The molecule has 102 valence electrons.